The molecule has 0 radical (unpaired) electrons. The number of para-hydroxylation sites is 1. The van der Waals surface area contributed by atoms with Gasteiger partial charge in [0, 0.05) is 56.4 Å². The number of rotatable bonds is 4. The number of aliphatic carboxylic acids is 2. The zero-order valence-electron chi connectivity index (χ0n) is 27.2. The standard InChI is InChI=1S/C30H30N6O.2C2HF3O2/c1-34-13-15-36(16-14-34)28-12-8-20(19-31-28)7-11-25-22-10-9-21(17-26(22)33-32-25)24-18-30(24)23-5-3-4-6-27(23)35(2)29(30)37;2*3-2(4,5)1(6)7/h3-12,17,19,24H,13-16,18H2,1-2H3,(H,32,33);2*(H,6,7)/t24-,30-;;/m0../s1. The molecule has 3 aliphatic rings. The van der Waals surface area contributed by atoms with E-state index in [1.54, 1.807) is 0 Å². The Kier molecular flexibility index (Phi) is 10.1. The van der Waals surface area contributed by atoms with Gasteiger partial charge in [0.1, 0.15) is 5.82 Å². The Morgan fingerprint density at radius 2 is 1.53 bits per heavy atom. The average Bonchev–Trinajstić information content (AvgIpc) is 3.66. The van der Waals surface area contributed by atoms with Gasteiger partial charge in [0.25, 0.3) is 0 Å². The van der Waals surface area contributed by atoms with E-state index < -0.39 is 29.7 Å². The summed E-state index contributed by atoms with van der Waals surface area (Å²) in [5.74, 6) is -4.07. The van der Waals surface area contributed by atoms with Crippen LogP contribution in [0.25, 0.3) is 23.1 Å². The lowest BCUT2D eigenvalue weighted by molar-refractivity contribution is -0.193. The van der Waals surface area contributed by atoms with E-state index in [1.807, 2.05) is 42.4 Å². The predicted octanol–water partition coefficient (Wildman–Crippen LogP) is 5.55. The molecule has 2 fully saturated rings. The lowest BCUT2D eigenvalue weighted by atomic mass is 9.92. The van der Waals surface area contributed by atoms with Crippen LogP contribution in [-0.4, -0.2) is 101 Å². The van der Waals surface area contributed by atoms with Gasteiger partial charge in [-0.3, -0.25) is 9.89 Å². The van der Waals surface area contributed by atoms with Crippen LogP contribution in [0.3, 0.4) is 0 Å². The molecule has 2 aromatic carbocycles. The fourth-order valence-electron chi connectivity index (χ4n) is 6.16. The Morgan fingerprint density at radius 1 is 0.902 bits per heavy atom. The number of anilines is 2. The molecule has 17 heteroatoms. The number of benzene rings is 2. The first-order valence-electron chi connectivity index (χ1n) is 15.5. The number of carbonyl (C=O) groups is 3. The number of hydrogen-bond donors (Lipinski definition) is 3. The fraction of sp³-hybridized carbons (Fsp3) is 0.324. The molecule has 0 unspecified atom stereocenters. The van der Waals surface area contributed by atoms with E-state index in [0.717, 1.165) is 71.8 Å². The third kappa shape index (κ3) is 7.82. The van der Waals surface area contributed by atoms with Crippen molar-refractivity contribution in [1.82, 2.24) is 20.1 Å². The maximum absolute atomic E-state index is 13.2. The molecular weight excluding hydrogens is 686 g/mol. The van der Waals surface area contributed by atoms with Crippen molar-refractivity contribution >= 4 is 52.4 Å². The van der Waals surface area contributed by atoms with Crippen molar-refractivity contribution in [3.63, 3.8) is 0 Å². The second-order valence-corrected chi connectivity index (χ2v) is 12.2. The number of carboxylic acid groups (broad SMARTS) is 2. The number of aromatic nitrogens is 3. The van der Waals surface area contributed by atoms with Gasteiger partial charge in [0.2, 0.25) is 5.91 Å². The highest BCUT2D eigenvalue weighted by Crippen LogP contribution is 2.66. The second kappa shape index (κ2) is 14.0. The number of carbonyl (C=O) groups excluding carboxylic acids is 1. The number of fused-ring (bicyclic) bond motifs is 3. The predicted molar refractivity (Wildman–Crippen MR) is 175 cm³/mol. The number of alkyl halides is 6. The molecule has 1 saturated carbocycles. The van der Waals surface area contributed by atoms with E-state index in [0.29, 0.717) is 0 Å². The summed E-state index contributed by atoms with van der Waals surface area (Å²) in [6.07, 6.45) is -3.28. The van der Waals surface area contributed by atoms with Crippen LogP contribution < -0.4 is 9.80 Å². The number of likely N-dealkylation sites (N-methyl/N-ethyl adjacent to an activating group) is 2. The summed E-state index contributed by atoms with van der Waals surface area (Å²) in [5.41, 5.74) is 5.92. The minimum absolute atomic E-state index is 0.197. The van der Waals surface area contributed by atoms with E-state index >= 15 is 0 Å². The number of nitrogens with zero attached hydrogens (tertiary/aromatic N) is 5. The Labute approximate surface area is 286 Å². The molecule has 51 heavy (non-hydrogen) atoms. The molecule has 4 aromatic rings. The van der Waals surface area contributed by atoms with Gasteiger partial charge in [-0.05, 0) is 60.5 Å². The maximum atomic E-state index is 13.2. The molecule has 1 spiro atoms. The van der Waals surface area contributed by atoms with Gasteiger partial charge >= 0.3 is 24.3 Å². The molecule has 2 aliphatic heterocycles. The van der Waals surface area contributed by atoms with Crippen molar-refractivity contribution < 1.29 is 50.9 Å². The third-order valence-corrected chi connectivity index (χ3v) is 8.93. The number of carboxylic acids is 2. The smallest absolute Gasteiger partial charge is 0.475 e. The third-order valence-electron chi connectivity index (χ3n) is 8.93. The number of piperazine rings is 1. The van der Waals surface area contributed by atoms with Crippen molar-refractivity contribution in [2.24, 2.45) is 0 Å². The maximum Gasteiger partial charge on any atom is 0.490 e. The first-order chi connectivity index (χ1) is 23.9. The molecule has 3 N–H and O–H groups in total. The number of hydrogen-bond acceptors (Lipinski definition) is 7. The second-order valence-electron chi connectivity index (χ2n) is 12.2. The van der Waals surface area contributed by atoms with Crippen LogP contribution >= 0.6 is 0 Å². The summed E-state index contributed by atoms with van der Waals surface area (Å²) >= 11 is 0. The number of aromatic amines is 1. The summed E-state index contributed by atoms with van der Waals surface area (Å²) in [5, 5.41) is 23.1. The molecule has 270 valence electrons. The minimum Gasteiger partial charge on any atom is -0.475 e. The van der Waals surface area contributed by atoms with E-state index in [4.69, 9.17) is 19.8 Å². The molecule has 1 amide bonds. The number of H-pyrrole nitrogens is 1. The van der Waals surface area contributed by atoms with Gasteiger partial charge in [-0.25, -0.2) is 14.6 Å². The number of halogens is 6. The van der Waals surface area contributed by atoms with Crippen LogP contribution in [-0.2, 0) is 19.8 Å². The highest BCUT2D eigenvalue weighted by molar-refractivity contribution is 6.11. The summed E-state index contributed by atoms with van der Waals surface area (Å²) < 4.78 is 63.5. The summed E-state index contributed by atoms with van der Waals surface area (Å²) in [7, 11) is 4.05. The molecule has 0 bridgehead atoms. The normalized spacial score (nSPS) is 20.2. The van der Waals surface area contributed by atoms with Crippen molar-refractivity contribution in [3.8, 4) is 0 Å². The lowest BCUT2D eigenvalue weighted by Gasteiger charge is -2.33. The van der Waals surface area contributed by atoms with Gasteiger partial charge in [0.15, 0.2) is 0 Å². The first-order valence-corrected chi connectivity index (χ1v) is 15.5. The number of nitrogens with one attached hydrogen (secondary N) is 1. The van der Waals surface area contributed by atoms with E-state index in [2.05, 4.69) is 74.5 Å². The highest BCUT2D eigenvalue weighted by atomic mass is 19.4. The summed E-state index contributed by atoms with van der Waals surface area (Å²) in [6.45, 7) is 4.16. The van der Waals surface area contributed by atoms with Crippen LogP contribution in [0.4, 0.5) is 37.8 Å². The van der Waals surface area contributed by atoms with Crippen molar-refractivity contribution in [2.45, 2.75) is 30.1 Å². The minimum atomic E-state index is -5.08. The highest BCUT2D eigenvalue weighted by Gasteiger charge is 2.66. The van der Waals surface area contributed by atoms with Gasteiger partial charge in [-0.15, -0.1) is 0 Å². The zero-order valence-corrected chi connectivity index (χ0v) is 27.2. The van der Waals surface area contributed by atoms with Crippen molar-refractivity contribution in [3.05, 3.63) is 83.2 Å². The Morgan fingerprint density at radius 3 is 2.12 bits per heavy atom. The zero-order chi connectivity index (χ0) is 37.3. The molecule has 1 aliphatic carbocycles. The monoisotopic (exact) mass is 718 g/mol. The summed E-state index contributed by atoms with van der Waals surface area (Å²) in [6, 6.07) is 18.9. The van der Waals surface area contributed by atoms with Crippen LogP contribution in [0.1, 0.15) is 34.7 Å². The average molecular weight is 719 g/mol. The first kappa shape index (κ1) is 36.8. The van der Waals surface area contributed by atoms with E-state index in [1.165, 1.54) is 5.56 Å². The lowest BCUT2D eigenvalue weighted by Crippen LogP contribution is -2.44. The molecule has 4 heterocycles. The molecule has 2 aromatic heterocycles. The molecule has 7 rings (SSSR count). The topological polar surface area (TPSA) is 143 Å². The van der Waals surface area contributed by atoms with E-state index in [9.17, 15) is 31.1 Å². The van der Waals surface area contributed by atoms with Crippen molar-refractivity contribution in [2.75, 3.05) is 50.1 Å². The molecule has 2 atom stereocenters. The molecular formula is C34H32F6N6O5. The number of pyridine rings is 1. The fourth-order valence-corrected chi connectivity index (χ4v) is 6.16. The van der Waals surface area contributed by atoms with Gasteiger partial charge in [-0.1, -0.05) is 36.4 Å². The largest absolute Gasteiger partial charge is 0.490 e. The Hall–Kier alpha value is -5.45. The van der Waals surface area contributed by atoms with Crippen LogP contribution in [0.15, 0.2) is 60.8 Å². The van der Waals surface area contributed by atoms with Crippen LogP contribution in [0.2, 0.25) is 0 Å². The van der Waals surface area contributed by atoms with Gasteiger partial charge in [-0.2, -0.15) is 31.4 Å². The van der Waals surface area contributed by atoms with Crippen molar-refractivity contribution in [1.29, 1.82) is 0 Å². The van der Waals surface area contributed by atoms with Gasteiger partial charge in [0.05, 0.1) is 16.6 Å². The van der Waals surface area contributed by atoms with E-state index in [-0.39, 0.29) is 11.8 Å². The SMILES string of the molecule is CN1CCN(c2ccc(C=Cc3n[nH]c4cc([C@@H]5C[C@@]56C(=O)N(C)c5ccccc56)ccc34)cn2)CC1.O=C(O)C(F)(F)F.O=C(O)C(F)(F)F. The Balaban J connectivity index is 0.000000307. The Bertz CT molecular complexity index is 1930. The summed E-state index contributed by atoms with van der Waals surface area (Å²) in [4.78, 5) is 42.2. The van der Waals surface area contributed by atoms with Crippen LogP contribution in [0.5, 0.6) is 0 Å². The molecule has 11 nitrogen and oxygen atoms in total. The molecule has 1 saturated heterocycles. The van der Waals surface area contributed by atoms with Crippen LogP contribution in [0, 0.1) is 0 Å². The number of amides is 1. The quantitative estimate of drug-likeness (QED) is 0.232. The van der Waals surface area contributed by atoms with Gasteiger partial charge < -0.3 is 24.9 Å².